The van der Waals surface area contributed by atoms with E-state index in [1.165, 1.54) is 0 Å². The Balaban J connectivity index is 0. The molecule has 132 valence electrons. The fourth-order valence-corrected chi connectivity index (χ4v) is 1.08. The Morgan fingerprint density at radius 3 is 1.64 bits per heavy atom. The molecule has 0 rings (SSSR count). The van der Waals surface area contributed by atoms with E-state index in [0.717, 1.165) is 0 Å². The van der Waals surface area contributed by atoms with Gasteiger partial charge in [-0.1, -0.05) is 20.8 Å². The molecule has 0 aromatic heterocycles. The van der Waals surface area contributed by atoms with Gasteiger partial charge < -0.3 is 31.5 Å². The lowest BCUT2D eigenvalue weighted by Gasteiger charge is -2.35. The van der Waals surface area contributed by atoms with Crippen molar-refractivity contribution in [3.63, 3.8) is 0 Å². The number of rotatable bonds is 4. The van der Waals surface area contributed by atoms with Crippen LogP contribution in [0.15, 0.2) is 0 Å². The summed E-state index contributed by atoms with van der Waals surface area (Å²) >= 11 is 0. The maximum Gasteiger partial charge on any atom is 0.326 e. The zero-order valence-electron chi connectivity index (χ0n) is 14.2. The zero-order chi connectivity index (χ0) is 18.4. The molecule has 0 spiro atoms. The van der Waals surface area contributed by atoms with Gasteiger partial charge in [0.25, 0.3) is 0 Å². The third-order valence-corrected chi connectivity index (χ3v) is 2.88. The van der Waals surface area contributed by atoms with Gasteiger partial charge in [0.15, 0.2) is 0 Å². The van der Waals surface area contributed by atoms with Crippen LogP contribution >= 0.6 is 0 Å². The first-order chi connectivity index (χ1) is 9.62. The average Bonchev–Trinajstić information content (AvgIpc) is 2.33. The number of carboxylic acid groups (broad SMARTS) is 1. The van der Waals surface area contributed by atoms with Gasteiger partial charge in [0.05, 0.1) is 13.2 Å². The van der Waals surface area contributed by atoms with Crippen LogP contribution in [0.4, 0.5) is 0 Å². The molecule has 0 heterocycles. The van der Waals surface area contributed by atoms with E-state index in [4.69, 9.17) is 31.5 Å². The molecular weight excluding hydrogens is 292 g/mol. The van der Waals surface area contributed by atoms with Crippen LogP contribution < -0.4 is 11.5 Å². The lowest BCUT2D eigenvalue weighted by Crippen LogP contribution is -2.60. The molecule has 0 fully saturated rings. The quantitative estimate of drug-likeness (QED) is 0.432. The van der Waals surface area contributed by atoms with Gasteiger partial charge in [-0.05, 0) is 26.2 Å². The topological polar surface area (TPSA) is 156 Å². The zero-order valence-corrected chi connectivity index (χ0v) is 14.2. The van der Waals surface area contributed by atoms with Gasteiger partial charge in [-0.3, -0.25) is 9.59 Å². The van der Waals surface area contributed by atoms with Crippen LogP contribution in [-0.2, 0) is 14.3 Å². The molecule has 0 aromatic rings. The minimum Gasteiger partial charge on any atom is -0.480 e. The van der Waals surface area contributed by atoms with E-state index in [0.29, 0.717) is 0 Å². The van der Waals surface area contributed by atoms with Gasteiger partial charge in [-0.25, -0.2) is 0 Å². The molecule has 0 radical (unpaired) electrons. The van der Waals surface area contributed by atoms with Crippen molar-refractivity contribution in [3.8, 4) is 0 Å². The lowest BCUT2D eigenvalue weighted by atomic mass is 9.75. The van der Waals surface area contributed by atoms with Crippen molar-refractivity contribution in [2.45, 2.75) is 58.7 Å². The van der Waals surface area contributed by atoms with E-state index >= 15 is 0 Å². The fourth-order valence-electron chi connectivity index (χ4n) is 1.08. The second-order valence-electron chi connectivity index (χ2n) is 7.01. The number of ether oxygens (including phenoxy) is 1. The van der Waals surface area contributed by atoms with Gasteiger partial charge in [0.1, 0.15) is 17.2 Å². The molecule has 8 heteroatoms. The molecule has 0 unspecified atom stereocenters. The van der Waals surface area contributed by atoms with E-state index < -0.39 is 41.1 Å². The van der Waals surface area contributed by atoms with Crippen molar-refractivity contribution >= 4 is 11.9 Å². The molecule has 0 saturated carbocycles. The minimum absolute atomic E-state index is 0.380. The molecule has 2 atom stereocenters. The summed E-state index contributed by atoms with van der Waals surface area (Å²) in [7, 11) is 0. The number of carbonyl (C=O) groups is 2. The molecule has 0 amide bonds. The third-order valence-electron chi connectivity index (χ3n) is 2.88. The predicted octanol–water partition coefficient (Wildman–Crippen LogP) is -0.545. The standard InChI is InChI=1S/2C7H15NO3/c1-6(2,3)7(8,4-9)5(10)11;1-7(2,3)11-6(10)5(8)4-9/h9H,4,8H2,1-3H3,(H,10,11);5,9H,4,8H2,1-3H3/t7-;5-/m00/s1. The van der Waals surface area contributed by atoms with Gasteiger partial charge in [0, 0.05) is 0 Å². The molecule has 22 heavy (non-hydrogen) atoms. The molecule has 0 saturated heterocycles. The summed E-state index contributed by atoms with van der Waals surface area (Å²) in [6.45, 7) is 9.34. The minimum atomic E-state index is -1.55. The Bertz CT molecular complexity index is 371. The summed E-state index contributed by atoms with van der Waals surface area (Å²) in [5.41, 5.74) is 7.94. The van der Waals surface area contributed by atoms with Crippen molar-refractivity contribution in [1.82, 2.24) is 0 Å². The fraction of sp³-hybridized carbons (Fsp3) is 0.857. The summed E-state index contributed by atoms with van der Waals surface area (Å²) < 4.78 is 4.87. The second-order valence-corrected chi connectivity index (χ2v) is 7.01. The number of carbonyl (C=O) groups excluding carboxylic acids is 1. The Morgan fingerprint density at radius 2 is 1.50 bits per heavy atom. The highest BCUT2D eigenvalue weighted by molar-refractivity contribution is 5.79. The van der Waals surface area contributed by atoms with E-state index in [2.05, 4.69) is 0 Å². The van der Waals surface area contributed by atoms with Gasteiger partial charge in [0.2, 0.25) is 0 Å². The van der Waals surface area contributed by atoms with Crippen LogP contribution in [0.3, 0.4) is 0 Å². The van der Waals surface area contributed by atoms with E-state index in [1.54, 1.807) is 41.5 Å². The van der Waals surface area contributed by atoms with Crippen LogP contribution in [0, 0.1) is 5.41 Å². The van der Waals surface area contributed by atoms with Crippen LogP contribution in [0.25, 0.3) is 0 Å². The molecular formula is C14H30N2O6. The highest BCUT2D eigenvalue weighted by Gasteiger charge is 2.44. The number of aliphatic carboxylic acids is 1. The number of hydrogen-bond acceptors (Lipinski definition) is 7. The SMILES string of the molecule is CC(C)(C)OC(=O)[C@@H](N)CO.CC(C)(C)[C@](N)(CO)C(=O)O. The molecule has 0 aliphatic heterocycles. The Labute approximate surface area is 131 Å². The molecule has 7 N–H and O–H groups in total. The number of nitrogens with two attached hydrogens (primary N) is 2. The average molecular weight is 322 g/mol. The van der Waals surface area contributed by atoms with E-state index in [-0.39, 0.29) is 6.61 Å². The van der Waals surface area contributed by atoms with Crippen LogP contribution in [-0.4, -0.2) is 57.7 Å². The molecule has 8 nitrogen and oxygen atoms in total. The highest BCUT2D eigenvalue weighted by Crippen LogP contribution is 2.27. The van der Waals surface area contributed by atoms with E-state index in [9.17, 15) is 9.59 Å². The highest BCUT2D eigenvalue weighted by atomic mass is 16.6. The predicted molar refractivity (Wildman–Crippen MR) is 82.0 cm³/mol. The Kier molecular flexibility index (Phi) is 8.83. The van der Waals surface area contributed by atoms with Gasteiger partial charge >= 0.3 is 11.9 Å². The van der Waals surface area contributed by atoms with Crippen molar-refractivity contribution in [1.29, 1.82) is 0 Å². The summed E-state index contributed by atoms with van der Waals surface area (Å²) in [6, 6.07) is -0.922. The van der Waals surface area contributed by atoms with E-state index in [1.807, 2.05) is 0 Å². The van der Waals surface area contributed by atoms with Crippen molar-refractivity contribution in [3.05, 3.63) is 0 Å². The van der Waals surface area contributed by atoms with Gasteiger partial charge in [-0.2, -0.15) is 0 Å². The lowest BCUT2D eigenvalue weighted by molar-refractivity contribution is -0.157. The first-order valence-corrected chi connectivity index (χ1v) is 6.85. The largest absolute Gasteiger partial charge is 0.480 e. The van der Waals surface area contributed by atoms with Crippen molar-refractivity contribution < 1.29 is 29.6 Å². The monoisotopic (exact) mass is 322 g/mol. The number of hydrogen-bond donors (Lipinski definition) is 5. The molecule has 0 bridgehead atoms. The molecule has 0 aliphatic carbocycles. The summed E-state index contributed by atoms with van der Waals surface area (Å²) in [5.74, 6) is -1.74. The van der Waals surface area contributed by atoms with Crippen molar-refractivity contribution in [2.24, 2.45) is 16.9 Å². The smallest absolute Gasteiger partial charge is 0.326 e. The number of carboxylic acids is 1. The number of aliphatic hydroxyl groups excluding tert-OH is 2. The third kappa shape index (κ3) is 7.69. The Morgan fingerprint density at radius 1 is 1.09 bits per heavy atom. The van der Waals surface area contributed by atoms with Crippen LogP contribution in [0.5, 0.6) is 0 Å². The second kappa shape index (κ2) is 8.42. The van der Waals surface area contributed by atoms with Crippen molar-refractivity contribution in [2.75, 3.05) is 13.2 Å². The Hall–Kier alpha value is -1.22. The van der Waals surface area contributed by atoms with Gasteiger partial charge in [-0.15, -0.1) is 0 Å². The normalized spacial score (nSPS) is 15.9. The maximum absolute atomic E-state index is 10.9. The number of aliphatic hydroxyl groups is 2. The summed E-state index contributed by atoms with van der Waals surface area (Å²) in [4.78, 5) is 21.5. The summed E-state index contributed by atoms with van der Waals surface area (Å²) in [6.07, 6.45) is 0. The van der Waals surface area contributed by atoms with Crippen LogP contribution in [0.1, 0.15) is 41.5 Å². The van der Waals surface area contributed by atoms with Crippen LogP contribution in [0.2, 0.25) is 0 Å². The molecule has 0 aliphatic rings. The number of esters is 1. The first kappa shape index (κ1) is 23.1. The maximum atomic E-state index is 10.9. The summed E-state index contributed by atoms with van der Waals surface area (Å²) in [5, 5.41) is 25.9. The first-order valence-electron chi connectivity index (χ1n) is 6.85. The molecule has 0 aromatic carbocycles.